The molecule has 9 heteroatoms. The molecule has 1 aliphatic carbocycles. The molecule has 2 heterocycles. The van der Waals surface area contributed by atoms with Crippen LogP contribution in [-0.2, 0) is 25.6 Å². The lowest BCUT2D eigenvalue weighted by Crippen LogP contribution is -2.28. The highest BCUT2D eigenvalue weighted by atomic mass is 19.4. The third-order valence-corrected chi connectivity index (χ3v) is 5.62. The van der Waals surface area contributed by atoms with Gasteiger partial charge in [-0.05, 0) is 48.4 Å². The molecule has 0 fully saturated rings. The summed E-state index contributed by atoms with van der Waals surface area (Å²) in [6.07, 6.45) is -0.391. The van der Waals surface area contributed by atoms with E-state index in [9.17, 15) is 18.0 Å². The summed E-state index contributed by atoms with van der Waals surface area (Å²) in [4.78, 5) is 15.7. The molecule has 3 N–H and O–H groups in total. The summed E-state index contributed by atoms with van der Waals surface area (Å²) < 4.78 is 37.8. The first-order chi connectivity index (χ1) is 15.1. The Labute approximate surface area is 183 Å². The van der Waals surface area contributed by atoms with Crippen molar-refractivity contribution in [3.05, 3.63) is 65.1 Å². The van der Waals surface area contributed by atoms with Gasteiger partial charge in [0.15, 0.2) is 0 Å². The summed E-state index contributed by atoms with van der Waals surface area (Å²) in [5.74, 6) is 0. The van der Waals surface area contributed by atoms with Gasteiger partial charge in [-0.15, -0.1) is 0 Å². The zero-order valence-electron chi connectivity index (χ0n) is 17.8. The first kappa shape index (κ1) is 21.9. The second-order valence-corrected chi connectivity index (χ2v) is 8.81. The van der Waals surface area contributed by atoms with Crippen LogP contribution in [0.2, 0.25) is 0 Å². The smallest absolute Gasteiger partial charge is 0.334 e. The van der Waals surface area contributed by atoms with Crippen LogP contribution in [0.15, 0.2) is 42.6 Å². The maximum absolute atomic E-state index is 12.6. The van der Waals surface area contributed by atoms with Gasteiger partial charge in [0.25, 0.3) is 0 Å². The van der Waals surface area contributed by atoms with Gasteiger partial charge >= 0.3 is 12.2 Å². The number of aromatic nitrogens is 3. The molecule has 4 rings (SSSR count). The van der Waals surface area contributed by atoms with E-state index in [0.717, 1.165) is 48.5 Å². The number of hydrogen-bond donors (Lipinski definition) is 3. The molecule has 32 heavy (non-hydrogen) atoms. The Morgan fingerprint density at radius 2 is 2.03 bits per heavy atom. The van der Waals surface area contributed by atoms with Crippen LogP contribution < -0.4 is 10.6 Å². The number of hydrogen-bond acceptors (Lipinski definition) is 3. The van der Waals surface area contributed by atoms with Crippen molar-refractivity contribution < 1.29 is 18.0 Å². The van der Waals surface area contributed by atoms with E-state index in [1.165, 1.54) is 11.6 Å². The fourth-order valence-corrected chi connectivity index (χ4v) is 3.88. The second-order valence-electron chi connectivity index (χ2n) is 8.81. The molecule has 168 valence electrons. The molecule has 0 saturated heterocycles. The molecular formula is C23H24F3N5O. The predicted molar refractivity (Wildman–Crippen MR) is 115 cm³/mol. The minimum absolute atomic E-state index is 0.0549. The van der Waals surface area contributed by atoms with Crippen molar-refractivity contribution in [1.29, 1.82) is 0 Å². The minimum Gasteiger partial charge on any atom is -0.334 e. The van der Waals surface area contributed by atoms with Crippen LogP contribution in [0.1, 0.15) is 42.8 Å². The van der Waals surface area contributed by atoms with Gasteiger partial charge < -0.3 is 10.6 Å². The molecule has 0 saturated carbocycles. The molecule has 1 aromatic carbocycles. The van der Waals surface area contributed by atoms with Gasteiger partial charge in [0.2, 0.25) is 0 Å². The number of anilines is 1. The highest BCUT2D eigenvalue weighted by Crippen LogP contribution is 2.38. The van der Waals surface area contributed by atoms with E-state index in [4.69, 9.17) is 0 Å². The Morgan fingerprint density at radius 3 is 2.75 bits per heavy atom. The number of carbonyl (C=O) groups excluding carboxylic acids is 1. The van der Waals surface area contributed by atoms with Crippen molar-refractivity contribution in [2.45, 2.75) is 45.8 Å². The topological polar surface area (TPSA) is 82.7 Å². The van der Waals surface area contributed by atoms with Crippen LogP contribution >= 0.6 is 0 Å². The lowest BCUT2D eigenvalue weighted by molar-refractivity contribution is -0.141. The quantitative estimate of drug-likeness (QED) is 0.510. The van der Waals surface area contributed by atoms with E-state index >= 15 is 0 Å². The molecule has 3 aromatic rings. The molecule has 0 aliphatic heterocycles. The van der Waals surface area contributed by atoms with Gasteiger partial charge in [-0.3, -0.25) is 10.1 Å². The third kappa shape index (κ3) is 4.92. The van der Waals surface area contributed by atoms with Crippen LogP contribution in [0, 0.1) is 5.41 Å². The number of urea groups is 1. The molecule has 0 bridgehead atoms. The first-order valence-electron chi connectivity index (χ1n) is 10.3. The van der Waals surface area contributed by atoms with E-state index in [1.54, 1.807) is 6.07 Å². The largest absolute Gasteiger partial charge is 0.433 e. The number of halogens is 3. The number of pyridine rings is 1. The number of benzene rings is 1. The zero-order chi connectivity index (χ0) is 22.9. The number of carbonyl (C=O) groups is 1. The number of rotatable bonds is 4. The van der Waals surface area contributed by atoms with Gasteiger partial charge in [-0.1, -0.05) is 32.0 Å². The molecule has 0 spiro atoms. The van der Waals surface area contributed by atoms with Crippen molar-refractivity contribution in [1.82, 2.24) is 20.5 Å². The Kier molecular flexibility index (Phi) is 5.66. The van der Waals surface area contributed by atoms with E-state index in [-0.39, 0.29) is 12.0 Å². The summed E-state index contributed by atoms with van der Waals surface area (Å²) in [5.41, 5.74) is 4.54. The molecular weight excluding hydrogens is 419 g/mol. The SMILES string of the molecule is CC1(C)CCc2c(-c3cccc(NC(=O)NCc4ccc(C(F)(F)F)nc4)c3)n[nH]c2C1. The predicted octanol–water partition coefficient (Wildman–Crippen LogP) is 5.33. The summed E-state index contributed by atoms with van der Waals surface area (Å²) in [6, 6.07) is 9.14. The molecule has 1 aliphatic rings. The van der Waals surface area contributed by atoms with Crippen molar-refractivity contribution in [2.24, 2.45) is 5.41 Å². The van der Waals surface area contributed by atoms with Gasteiger partial charge in [-0.2, -0.15) is 18.3 Å². The highest BCUT2D eigenvalue weighted by molar-refractivity contribution is 5.90. The van der Waals surface area contributed by atoms with Crippen LogP contribution in [0.5, 0.6) is 0 Å². The number of nitrogens with one attached hydrogen (secondary N) is 3. The molecule has 6 nitrogen and oxygen atoms in total. The zero-order valence-corrected chi connectivity index (χ0v) is 17.8. The van der Waals surface area contributed by atoms with Gasteiger partial charge in [-0.25, -0.2) is 4.79 Å². The van der Waals surface area contributed by atoms with Crippen molar-refractivity contribution >= 4 is 11.7 Å². The fraction of sp³-hybridized carbons (Fsp3) is 0.348. The standard InChI is InChI=1S/C23H24F3N5O/c1-22(2)9-8-17-18(11-22)30-31-20(17)15-4-3-5-16(10-15)29-21(32)28-13-14-6-7-19(27-12-14)23(24,25)26/h3-7,10,12H,8-9,11,13H2,1-2H3,(H,30,31)(H2,28,29,32). The molecule has 2 amide bonds. The van der Waals surface area contributed by atoms with Crippen molar-refractivity contribution in [3.63, 3.8) is 0 Å². The molecule has 0 atom stereocenters. The van der Waals surface area contributed by atoms with Crippen molar-refractivity contribution in [2.75, 3.05) is 5.32 Å². The van der Waals surface area contributed by atoms with E-state index in [2.05, 4.69) is 39.7 Å². The number of aromatic amines is 1. The maximum Gasteiger partial charge on any atom is 0.433 e. The van der Waals surface area contributed by atoms with E-state index in [1.807, 2.05) is 18.2 Å². The Balaban J connectivity index is 1.39. The van der Waals surface area contributed by atoms with Crippen LogP contribution in [0.3, 0.4) is 0 Å². The van der Waals surface area contributed by atoms with Crippen LogP contribution in [0.4, 0.5) is 23.7 Å². The maximum atomic E-state index is 12.6. The second kappa shape index (κ2) is 8.29. The molecule has 2 aromatic heterocycles. The fourth-order valence-electron chi connectivity index (χ4n) is 3.88. The van der Waals surface area contributed by atoms with E-state index < -0.39 is 17.9 Å². The van der Waals surface area contributed by atoms with E-state index in [0.29, 0.717) is 11.3 Å². The van der Waals surface area contributed by atoms with Gasteiger partial charge in [0, 0.05) is 35.2 Å². The van der Waals surface area contributed by atoms with Crippen LogP contribution in [0.25, 0.3) is 11.3 Å². The summed E-state index contributed by atoms with van der Waals surface area (Å²) in [6.45, 7) is 4.56. The Bertz CT molecular complexity index is 1120. The summed E-state index contributed by atoms with van der Waals surface area (Å²) in [5, 5.41) is 13.1. The van der Waals surface area contributed by atoms with Crippen molar-refractivity contribution in [3.8, 4) is 11.3 Å². The molecule has 0 radical (unpaired) electrons. The summed E-state index contributed by atoms with van der Waals surface area (Å²) >= 11 is 0. The number of nitrogens with zero attached hydrogens (tertiary/aromatic N) is 2. The number of alkyl halides is 3. The lowest BCUT2D eigenvalue weighted by Gasteiger charge is -2.29. The number of H-pyrrole nitrogens is 1. The van der Waals surface area contributed by atoms with Crippen LogP contribution in [-0.4, -0.2) is 21.2 Å². The highest BCUT2D eigenvalue weighted by Gasteiger charge is 2.32. The number of fused-ring (bicyclic) bond motifs is 1. The average molecular weight is 443 g/mol. The Hall–Kier alpha value is -3.36. The monoisotopic (exact) mass is 443 g/mol. The lowest BCUT2D eigenvalue weighted by atomic mass is 9.76. The minimum atomic E-state index is -4.49. The normalized spacial score (nSPS) is 15.2. The summed E-state index contributed by atoms with van der Waals surface area (Å²) in [7, 11) is 0. The third-order valence-electron chi connectivity index (χ3n) is 5.62. The van der Waals surface area contributed by atoms with Gasteiger partial charge in [0.1, 0.15) is 5.69 Å². The first-order valence-corrected chi connectivity index (χ1v) is 10.3. The average Bonchev–Trinajstić information content (AvgIpc) is 3.14. The number of amides is 2. The van der Waals surface area contributed by atoms with Gasteiger partial charge in [0.05, 0.1) is 5.69 Å². The molecule has 0 unspecified atom stereocenters. The Morgan fingerprint density at radius 1 is 1.22 bits per heavy atom.